The molecule has 0 nitrogen and oxygen atoms in total. The highest BCUT2D eigenvalue weighted by atomic mass is 14.3. The standard InChI is InChI=1S/2C42H28/c2*1-5-17-29(18-6-1)37-33-25-13-14-26-34(33)39(31-21-9-3-10-22-31)42-40(32-23-11-4-12-24-32)36-28-16-15-27-35(36)38(41(37)42)30-19-7-2-8-20-30/h2*1-28H. The predicted molar refractivity (Wildman–Crippen MR) is 361 cm³/mol. The van der Waals surface area contributed by atoms with Crippen LogP contribution in [0.3, 0.4) is 0 Å². The summed E-state index contributed by atoms with van der Waals surface area (Å²) in [7, 11) is 0. The second kappa shape index (κ2) is 21.9. The quantitative estimate of drug-likeness (QED) is 0.133. The second-order valence-corrected chi connectivity index (χ2v) is 21.6. The van der Waals surface area contributed by atoms with Gasteiger partial charge in [-0.25, -0.2) is 0 Å². The van der Waals surface area contributed by atoms with Crippen LogP contribution in [0.2, 0.25) is 0 Å². The maximum absolute atomic E-state index is 2.30. The lowest BCUT2D eigenvalue weighted by Crippen LogP contribution is -1.97. The normalized spacial score (nSPS) is 11.3. The predicted octanol–water partition coefficient (Wildman–Crippen LogP) is 23.6. The summed E-state index contributed by atoms with van der Waals surface area (Å²) in [5.41, 5.74) is 20.1. The van der Waals surface area contributed by atoms with Crippen molar-refractivity contribution in [3.63, 3.8) is 0 Å². The van der Waals surface area contributed by atoms with Gasteiger partial charge in [0.2, 0.25) is 0 Å². The molecule has 0 amide bonds. The highest BCUT2D eigenvalue weighted by molar-refractivity contribution is 6.35. The van der Waals surface area contributed by atoms with Gasteiger partial charge < -0.3 is 0 Å². The Morgan fingerprint density at radius 2 is 0.190 bits per heavy atom. The average molecular weight is 1070 g/mol. The highest BCUT2D eigenvalue weighted by Gasteiger charge is 2.28. The molecule has 0 saturated heterocycles. The van der Waals surface area contributed by atoms with Crippen molar-refractivity contribution >= 4 is 64.6 Å². The molecule has 0 bridgehead atoms. The molecular weight excluding hydrogens is 1010 g/mol. The van der Waals surface area contributed by atoms with Gasteiger partial charge in [-0.05, 0) is 154 Å². The Kier molecular flexibility index (Phi) is 13.0. The molecule has 0 N–H and O–H groups in total. The van der Waals surface area contributed by atoms with E-state index in [1.807, 2.05) is 0 Å². The van der Waals surface area contributed by atoms with Crippen LogP contribution in [0.25, 0.3) is 154 Å². The number of hydrogen-bond acceptors (Lipinski definition) is 0. The summed E-state index contributed by atoms with van der Waals surface area (Å²) in [6.45, 7) is 0. The topological polar surface area (TPSA) is 0 Å². The van der Waals surface area contributed by atoms with E-state index in [1.54, 1.807) is 0 Å². The van der Waals surface area contributed by atoms with Crippen molar-refractivity contribution in [1.29, 1.82) is 0 Å². The minimum atomic E-state index is 1.23. The Balaban J connectivity index is 0.000000143. The zero-order valence-electron chi connectivity index (χ0n) is 46.3. The van der Waals surface area contributed by atoms with Gasteiger partial charge in [-0.1, -0.05) is 340 Å². The summed E-state index contributed by atoms with van der Waals surface area (Å²) in [5.74, 6) is 0. The van der Waals surface area contributed by atoms with E-state index in [2.05, 4.69) is 340 Å². The summed E-state index contributed by atoms with van der Waals surface area (Å²) >= 11 is 0. The molecule has 0 aliphatic heterocycles. The number of hydrogen-bond donors (Lipinski definition) is 0. The van der Waals surface area contributed by atoms with Gasteiger partial charge in [0.05, 0.1) is 0 Å². The lowest BCUT2D eigenvalue weighted by molar-refractivity contribution is 1.63. The van der Waals surface area contributed by atoms with Crippen LogP contribution in [0, 0.1) is 0 Å². The molecule has 0 unspecified atom stereocenters. The molecule has 0 atom stereocenters. The zero-order chi connectivity index (χ0) is 55.8. The fourth-order valence-electron chi connectivity index (χ4n) is 13.5. The Morgan fingerprint density at radius 1 is 0.0952 bits per heavy atom. The Hall–Kier alpha value is -10.9. The first kappa shape index (κ1) is 50.1. The molecule has 16 rings (SSSR count). The highest BCUT2D eigenvalue weighted by Crippen LogP contribution is 2.56. The second-order valence-electron chi connectivity index (χ2n) is 21.6. The summed E-state index contributed by atoms with van der Waals surface area (Å²) < 4.78 is 0. The molecule has 0 aliphatic carbocycles. The van der Waals surface area contributed by atoms with Gasteiger partial charge in [0, 0.05) is 0 Å². The molecule has 16 aromatic carbocycles. The first-order valence-corrected chi connectivity index (χ1v) is 29.1. The van der Waals surface area contributed by atoms with E-state index in [4.69, 9.17) is 0 Å². The summed E-state index contributed by atoms with van der Waals surface area (Å²) in [6.07, 6.45) is 0. The first-order valence-electron chi connectivity index (χ1n) is 29.1. The third-order valence-electron chi connectivity index (χ3n) is 16.9. The smallest absolute Gasteiger partial charge is 0.000139 e. The SMILES string of the molecule is c1ccc(-c2c3ccccc3c(-c3ccccc3)c3c(-c4ccccc4)c4ccccc4c(-c4ccccc4)c23)cc1.c1ccc(-c2c3ccccc3c(-c3ccccc3)c3c(-c4ccccc4)c4ccccc4c(-c4ccccc4)c23)cc1. The summed E-state index contributed by atoms with van der Waals surface area (Å²) in [4.78, 5) is 0. The molecule has 84 heavy (non-hydrogen) atoms. The third-order valence-corrected chi connectivity index (χ3v) is 16.9. The van der Waals surface area contributed by atoms with Crippen LogP contribution in [0.1, 0.15) is 0 Å². The molecule has 16 aromatic rings. The van der Waals surface area contributed by atoms with Gasteiger partial charge >= 0.3 is 0 Å². The van der Waals surface area contributed by atoms with Crippen LogP contribution < -0.4 is 0 Å². The molecule has 392 valence electrons. The van der Waals surface area contributed by atoms with Crippen molar-refractivity contribution in [2.45, 2.75) is 0 Å². The summed E-state index contributed by atoms with van der Waals surface area (Å²) in [5, 5.41) is 15.3. The minimum Gasteiger partial charge on any atom is -0.0622 e. The van der Waals surface area contributed by atoms with Crippen LogP contribution >= 0.6 is 0 Å². The maximum atomic E-state index is 2.30. The van der Waals surface area contributed by atoms with Crippen molar-refractivity contribution in [1.82, 2.24) is 0 Å². The fraction of sp³-hybridized carbons (Fsp3) is 0. The molecule has 0 fully saturated rings. The minimum absolute atomic E-state index is 1.23. The average Bonchev–Trinajstić information content (AvgIpc) is 1.09. The first-order chi connectivity index (χ1) is 41.8. The summed E-state index contributed by atoms with van der Waals surface area (Å²) in [6, 6.07) is 123. The van der Waals surface area contributed by atoms with Crippen LogP contribution in [-0.2, 0) is 0 Å². The number of fused-ring (bicyclic) bond motifs is 6. The molecule has 0 radical (unpaired) electrons. The monoisotopic (exact) mass is 1060 g/mol. The Labute approximate surface area is 490 Å². The Morgan fingerprint density at radius 3 is 0.298 bits per heavy atom. The lowest BCUT2D eigenvalue weighted by Gasteiger charge is -2.25. The van der Waals surface area contributed by atoms with E-state index in [-0.39, 0.29) is 0 Å². The Bertz CT molecular complexity index is 4080. The fourth-order valence-corrected chi connectivity index (χ4v) is 13.5. The molecule has 0 aliphatic rings. The van der Waals surface area contributed by atoms with E-state index >= 15 is 0 Å². The van der Waals surface area contributed by atoms with Crippen molar-refractivity contribution in [2.75, 3.05) is 0 Å². The van der Waals surface area contributed by atoms with Crippen molar-refractivity contribution in [2.24, 2.45) is 0 Å². The number of rotatable bonds is 8. The third kappa shape index (κ3) is 8.63. The van der Waals surface area contributed by atoms with Gasteiger partial charge in [0.25, 0.3) is 0 Å². The van der Waals surface area contributed by atoms with Crippen LogP contribution in [0.15, 0.2) is 340 Å². The van der Waals surface area contributed by atoms with E-state index < -0.39 is 0 Å². The van der Waals surface area contributed by atoms with Gasteiger partial charge in [-0.3, -0.25) is 0 Å². The van der Waals surface area contributed by atoms with E-state index in [1.165, 1.54) is 154 Å². The van der Waals surface area contributed by atoms with Crippen molar-refractivity contribution in [3.8, 4) is 89.0 Å². The molecule has 0 saturated carbocycles. The van der Waals surface area contributed by atoms with E-state index in [0.717, 1.165) is 0 Å². The number of benzene rings is 16. The van der Waals surface area contributed by atoms with Crippen LogP contribution in [-0.4, -0.2) is 0 Å². The van der Waals surface area contributed by atoms with E-state index in [0.29, 0.717) is 0 Å². The van der Waals surface area contributed by atoms with Gasteiger partial charge in [0.1, 0.15) is 0 Å². The van der Waals surface area contributed by atoms with Gasteiger partial charge in [-0.2, -0.15) is 0 Å². The molecular formula is C84H56. The van der Waals surface area contributed by atoms with E-state index in [9.17, 15) is 0 Å². The molecule has 0 heterocycles. The molecule has 0 heteroatoms. The maximum Gasteiger partial charge on any atom is -0.000139 e. The van der Waals surface area contributed by atoms with Gasteiger partial charge in [-0.15, -0.1) is 0 Å². The van der Waals surface area contributed by atoms with Crippen molar-refractivity contribution in [3.05, 3.63) is 340 Å². The largest absolute Gasteiger partial charge is 0.0622 e. The zero-order valence-corrected chi connectivity index (χ0v) is 46.3. The van der Waals surface area contributed by atoms with Crippen molar-refractivity contribution < 1.29 is 0 Å². The van der Waals surface area contributed by atoms with Crippen LogP contribution in [0.4, 0.5) is 0 Å². The van der Waals surface area contributed by atoms with Gasteiger partial charge in [0.15, 0.2) is 0 Å². The van der Waals surface area contributed by atoms with Crippen LogP contribution in [0.5, 0.6) is 0 Å². The molecule has 0 aromatic heterocycles. The lowest BCUT2D eigenvalue weighted by atomic mass is 9.77. The molecule has 0 spiro atoms.